The van der Waals surface area contributed by atoms with Crippen LogP contribution in [0.2, 0.25) is 0 Å². The summed E-state index contributed by atoms with van der Waals surface area (Å²) in [6, 6.07) is 12.3. The third-order valence-electron chi connectivity index (χ3n) is 3.86. The van der Waals surface area contributed by atoms with Crippen molar-refractivity contribution in [2.45, 2.75) is 40.5 Å². The van der Waals surface area contributed by atoms with Crippen molar-refractivity contribution in [1.29, 1.82) is 0 Å². The molecule has 2 aromatic carbocycles. The third kappa shape index (κ3) is 3.16. The summed E-state index contributed by atoms with van der Waals surface area (Å²) in [5.74, 6) is 0.197. The monoisotopic (exact) mass is 266 g/mol. The largest absolute Gasteiger partial charge is 0.294 e. The van der Waals surface area contributed by atoms with Crippen molar-refractivity contribution in [2.75, 3.05) is 0 Å². The van der Waals surface area contributed by atoms with Crippen molar-refractivity contribution in [1.82, 2.24) is 0 Å². The van der Waals surface area contributed by atoms with E-state index in [1.54, 1.807) is 0 Å². The number of benzene rings is 2. The molecule has 0 radical (unpaired) electrons. The van der Waals surface area contributed by atoms with Crippen LogP contribution in [0.15, 0.2) is 36.4 Å². The van der Waals surface area contributed by atoms with Gasteiger partial charge in [-0.15, -0.1) is 0 Å². The van der Waals surface area contributed by atoms with E-state index in [9.17, 15) is 4.79 Å². The van der Waals surface area contributed by atoms with E-state index in [0.29, 0.717) is 6.42 Å². The van der Waals surface area contributed by atoms with E-state index in [0.717, 1.165) is 12.0 Å². The number of Topliss-reactive ketones (excluding diaryl/α,β-unsaturated/α-hetero) is 1. The number of carbonyl (C=O) groups is 1. The zero-order valence-corrected chi connectivity index (χ0v) is 12.8. The lowest BCUT2D eigenvalue weighted by atomic mass is 9.93. The average molecular weight is 266 g/mol. The Labute approximate surface area is 121 Å². The maximum absolute atomic E-state index is 12.4. The highest BCUT2D eigenvalue weighted by Crippen LogP contribution is 2.19. The minimum Gasteiger partial charge on any atom is -0.294 e. The van der Waals surface area contributed by atoms with E-state index in [4.69, 9.17) is 0 Å². The molecule has 0 N–H and O–H groups in total. The first kappa shape index (κ1) is 14.5. The van der Waals surface area contributed by atoms with Gasteiger partial charge in [-0.3, -0.25) is 4.79 Å². The molecule has 1 nitrogen and oxygen atoms in total. The zero-order chi connectivity index (χ0) is 14.7. The fraction of sp³-hybridized carbons (Fsp3) is 0.316. The summed E-state index contributed by atoms with van der Waals surface area (Å²) in [6.45, 7) is 8.39. The second-order valence-electron chi connectivity index (χ2n) is 5.53. The van der Waals surface area contributed by atoms with E-state index in [1.165, 1.54) is 27.8 Å². The van der Waals surface area contributed by atoms with Crippen LogP contribution in [0.1, 0.15) is 45.1 Å². The van der Waals surface area contributed by atoms with Crippen LogP contribution in [0.4, 0.5) is 0 Å². The molecule has 0 fully saturated rings. The maximum atomic E-state index is 12.4. The van der Waals surface area contributed by atoms with Crippen LogP contribution < -0.4 is 0 Å². The topological polar surface area (TPSA) is 17.1 Å². The Morgan fingerprint density at radius 1 is 0.950 bits per heavy atom. The fourth-order valence-corrected chi connectivity index (χ4v) is 2.68. The minimum atomic E-state index is 0.197. The van der Waals surface area contributed by atoms with Crippen molar-refractivity contribution in [3.8, 4) is 0 Å². The van der Waals surface area contributed by atoms with Gasteiger partial charge in [0.2, 0.25) is 0 Å². The lowest BCUT2D eigenvalue weighted by molar-refractivity contribution is 0.0992. The Balaban J connectivity index is 2.23. The fourth-order valence-electron chi connectivity index (χ4n) is 2.68. The molecule has 1 heteroatoms. The summed E-state index contributed by atoms with van der Waals surface area (Å²) in [4.78, 5) is 12.4. The van der Waals surface area contributed by atoms with Crippen molar-refractivity contribution in [3.63, 3.8) is 0 Å². The van der Waals surface area contributed by atoms with Crippen molar-refractivity contribution in [2.24, 2.45) is 0 Å². The number of carbonyl (C=O) groups excluding carboxylic acids is 1. The molecule has 0 aliphatic carbocycles. The van der Waals surface area contributed by atoms with Gasteiger partial charge in [0, 0.05) is 12.0 Å². The first-order chi connectivity index (χ1) is 9.51. The number of hydrogen-bond acceptors (Lipinski definition) is 1. The van der Waals surface area contributed by atoms with E-state index < -0.39 is 0 Å². The summed E-state index contributed by atoms with van der Waals surface area (Å²) >= 11 is 0. The molecule has 104 valence electrons. The van der Waals surface area contributed by atoms with Gasteiger partial charge in [-0.05, 0) is 49.4 Å². The van der Waals surface area contributed by atoms with E-state index >= 15 is 0 Å². The Kier molecular flexibility index (Phi) is 4.39. The van der Waals surface area contributed by atoms with E-state index in [2.05, 4.69) is 39.8 Å². The summed E-state index contributed by atoms with van der Waals surface area (Å²) in [7, 11) is 0. The molecule has 0 unspecified atom stereocenters. The van der Waals surface area contributed by atoms with Crippen LogP contribution in [0.25, 0.3) is 0 Å². The highest BCUT2D eigenvalue weighted by molar-refractivity contribution is 5.97. The van der Waals surface area contributed by atoms with Crippen LogP contribution >= 0.6 is 0 Å². The third-order valence-corrected chi connectivity index (χ3v) is 3.86. The summed E-state index contributed by atoms with van der Waals surface area (Å²) in [5.41, 5.74) is 6.91. The van der Waals surface area contributed by atoms with Gasteiger partial charge in [-0.2, -0.15) is 0 Å². The van der Waals surface area contributed by atoms with Gasteiger partial charge >= 0.3 is 0 Å². The maximum Gasteiger partial charge on any atom is 0.167 e. The van der Waals surface area contributed by atoms with Crippen LogP contribution in [0.5, 0.6) is 0 Å². The molecule has 0 aliphatic rings. The summed E-state index contributed by atoms with van der Waals surface area (Å²) < 4.78 is 0. The standard InChI is InChI=1S/C19H22O/c1-5-16-6-8-17(9-7-16)19(20)12-18-14(3)10-13(2)11-15(18)4/h6-11H,5,12H2,1-4H3. The summed E-state index contributed by atoms with van der Waals surface area (Å²) in [6.07, 6.45) is 1.49. The first-order valence-electron chi connectivity index (χ1n) is 7.20. The van der Waals surface area contributed by atoms with Crippen LogP contribution in [0, 0.1) is 20.8 Å². The molecule has 2 rings (SSSR count). The van der Waals surface area contributed by atoms with Gasteiger partial charge in [0.15, 0.2) is 5.78 Å². The van der Waals surface area contributed by atoms with Gasteiger partial charge in [-0.25, -0.2) is 0 Å². The second kappa shape index (κ2) is 6.04. The number of hydrogen-bond donors (Lipinski definition) is 0. The molecule has 0 bridgehead atoms. The van der Waals surface area contributed by atoms with Crippen LogP contribution in [-0.2, 0) is 12.8 Å². The predicted octanol–water partition coefficient (Wildman–Crippen LogP) is 4.60. The first-order valence-corrected chi connectivity index (χ1v) is 7.20. The molecular formula is C19H22O. The Hall–Kier alpha value is -1.89. The van der Waals surface area contributed by atoms with Crippen LogP contribution in [-0.4, -0.2) is 5.78 Å². The Morgan fingerprint density at radius 2 is 1.50 bits per heavy atom. The molecule has 2 aromatic rings. The van der Waals surface area contributed by atoms with Gasteiger partial charge in [0.05, 0.1) is 0 Å². The van der Waals surface area contributed by atoms with Gasteiger partial charge < -0.3 is 0 Å². The molecule has 0 aromatic heterocycles. The normalized spacial score (nSPS) is 10.6. The molecule has 0 heterocycles. The van der Waals surface area contributed by atoms with Crippen molar-refractivity contribution >= 4 is 5.78 Å². The Bertz CT molecular complexity index is 598. The minimum absolute atomic E-state index is 0.197. The molecule has 20 heavy (non-hydrogen) atoms. The molecule has 0 saturated heterocycles. The quantitative estimate of drug-likeness (QED) is 0.739. The smallest absolute Gasteiger partial charge is 0.167 e. The second-order valence-corrected chi connectivity index (χ2v) is 5.53. The van der Waals surface area contributed by atoms with Crippen molar-refractivity contribution in [3.05, 3.63) is 69.8 Å². The van der Waals surface area contributed by atoms with E-state index in [-0.39, 0.29) is 5.78 Å². The lowest BCUT2D eigenvalue weighted by Crippen LogP contribution is -2.07. The molecule has 0 aliphatic heterocycles. The SMILES string of the molecule is CCc1ccc(C(=O)Cc2c(C)cc(C)cc2C)cc1. The summed E-state index contributed by atoms with van der Waals surface area (Å²) in [5, 5.41) is 0. The Morgan fingerprint density at radius 3 is 2.00 bits per heavy atom. The van der Waals surface area contributed by atoms with Gasteiger partial charge in [-0.1, -0.05) is 48.9 Å². The highest BCUT2D eigenvalue weighted by Gasteiger charge is 2.11. The predicted molar refractivity (Wildman–Crippen MR) is 84.5 cm³/mol. The number of ketones is 1. The molecular weight excluding hydrogens is 244 g/mol. The molecule has 0 spiro atoms. The van der Waals surface area contributed by atoms with Crippen LogP contribution in [0.3, 0.4) is 0 Å². The number of aryl methyl sites for hydroxylation is 4. The van der Waals surface area contributed by atoms with E-state index in [1.807, 2.05) is 24.3 Å². The molecule has 0 atom stereocenters. The van der Waals surface area contributed by atoms with Gasteiger partial charge in [0.25, 0.3) is 0 Å². The van der Waals surface area contributed by atoms with Crippen molar-refractivity contribution < 1.29 is 4.79 Å². The number of rotatable bonds is 4. The lowest BCUT2D eigenvalue weighted by Gasteiger charge is -2.11. The highest BCUT2D eigenvalue weighted by atomic mass is 16.1. The zero-order valence-electron chi connectivity index (χ0n) is 12.8. The van der Waals surface area contributed by atoms with Gasteiger partial charge in [0.1, 0.15) is 0 Å². The average Bonchev–Trinajstić information content (AvgIpc) is 2.42. The molecule has 0 saturated carbocycles. The molecule has 0 amide bonds.